The minimum absolute atomic E-state index is 0.296. The van der Waals surface area contributed by atoms with Gasteiger partial charge in [-0.1, -0.05) is 36.4 Å². The standard InChI is InChI=1S/C15H13NO/c17-14-8-7-12-9-11-6-5-10-3-1-2-4-13(10)15(11)16(12)14/h1-6,12H,7-9H2. The predicted molar refractivity (Wildman–Crippen MR) is 68.2 cm³/mol. The molecule has 2 nitrogen and oxygen atoms in total. The monoisotopic (exact) mass is 223 g/mol. The SMILES string of the molecule is O=C1CCC2Cc3ccc4ccccc4c3N12. The van der Waals surface area contributed by atoms with Crippen molar-refractivity contribution in [2.75, 3.05) is 4.90 Å². The maximum absolute atomic E-state index is 12.0. The summed E-state index contributed by atoms with van der Waals surface area (Å²) in [5, 5.41) is 2.45. The Labute approximate surface area is 99.8 Å². The van der Waals surface area contributed by atoms with E-state index < -0.39 is 0 Å². The first kappa shape index (κ1) is 9.23. The number of fused-ring (bicyclic) bond motifs is 5. The molecule has 0 bridgehead atoms. The van der Waals surface area contributed by atoms with Crippen molar-refractivity contribution in [1.82, 2.24) is 0 Å². The molecule has 2 aliphatic heterocycles. The number of anilines is 1. The molecule has 1 fully saturated rings. The molecular weight excluding hydrogens is 210 g/mol. The van der Waals surface area contributed by atoms with E-state index in [0.717, 1.165) is 12.8 Å². The van der Waals surface area contributed by atoms with Crippen LogP contribution in [0, 0.1) is 0 Å². The summed E-state index contributed by atoms with van der Waals surface area (Å²) in [5.41, 5.74) is 2.51. The molecule has 4 rings (SSSR count). The van der Waals surface area contributed by atoms with Crippen LogP contribution < -0.4 is 4.90 Å². The minimum Gasteiger partial charge on any atom is -0.308 e. The lowest BCUT2D eigenvalue weighted by Gasteiger charge is -2.18. The molecule has 0 aliphatic carbocycles. The first-order valence-electron chi connectivity index (χ1n) is 6.17. The number of hydrogen-bond donors (Lipinski definition) is 0. The normalized spacial score (nSPS) is 22.0. The van der Waals surface area contributed by atoms with Crippen LogP contribution in [0.4, 0.5) is 5.69 Å². The average Bonchev–Trinajstić information content (AvgIpc) is 2.89. The van der Waals surface area contributed by atoms with Gasteiger partial charge in [-0.05, 0) is 23.8 Å². The van der Waals surface area contributed by atoms with E-state index in [1.807, 2.05) is 11.0 Å². The molecule has 0 saturated carbocycles. The van der Waals surface area contributed by atoms with Gasteiger partial charge < -0.3 is 4.90 Å². The Morgan fingerprint density at radius 3 is 2.94 bits per heavy atom. The molecule has 17 heavy (non-hydrogen) atoms. The summed E-state index contributed by atoms with van der Waals surface area (Å²) in [6, 6.07) is 13.1. The van der Waals surface area contributed by atoms with Crippen LogP contribution in [0.3, 0.4) is 0 Å². The van der Waals surface area contributed by atoms with Crippen LogP contribution in [0.2, 0.25) is 0 Å². The number of rotatable bonds is 0. The van der Waals surface area contributed by atoms with Gasteiger partial charge >= 0.3 is 0 Å². The number of benzene rings is 2. The second-order valence-electron chi connectivity index (χ2n) is 4.95. The van der Waals surface area contributed by atoms with Crippen molar-refractivity contribution in [3.8, 4) is 0 Å². The number of nitrogens with zero attached hydrogens (tertiary/aromatic N) is 1. The van der Waals surface area contributed by atoms with Crippen molar-refractivity contribution in [2.24, 2.45) is 0 Å². The lowest BCUT2D eigenvalue weighted by atomic mass is 10.0. The lowest BCUT2D eigenvalue weighted by molar-refractivity contribution is -0.117. The van der Waals surface area contributed by atoms with Crippen molar-refractivity contribution in [3.63, 3.8) is 0 Å². The minimum atomic E-state index is 0.296. The second-order valence-corrected chi connectivity index (χ2v) is 4.95. The first-order chi connectivity index (χ1) is 8.34. The fourth-order valence-corrected chi connectivity index (χ4v) is 3.25. The van der Waals surface area contributed by atoms with Gasteiger partial charge in [0.05, 0.1) is 5.69 Å². The first-order valence-corrected chi connectivity index (χ1v) is 6.17. The van der Waals surface area contributed by atoms with Gasteiger partial charge in [-0.2, -0.15) is 0 Å². The van der Waals surface area contributed by atoms with E-state index in [9.17, 15) is 4.79 Å². The highest BCUT2D eigenvalue weighted by molar-refractivity contribution is 6.08. The highest BCUT2D eigenvalue weighted by Crippen LogP contribution is 2.42. The van der Waals surface area contributed by atoms with E-state index in [0.29, 0.717) is 18.4 Å². The molecule has 2 heterocycles. The molecule has 2 aromatic rings. The summed E-state index contributed by atoms with van der Waals surface area (Å²) in [7, 11) is 0. The molecule has 0 spiro atoms. The molecule has 1 unspecified atom stereocenters. The third-order valence-electron chi connectivity index (χ3n) is 4.01. The van der Waals surface area contributed by atoms with Crippen LogP contribution in [0.25, 0.3) is 10.8 Å². The third-order valence-corrected chi connectivity index (χ3v) is 4.01. The van der Waals surface area contributed by atoms with Gasteiger partial charge in [-0.25, -0.2) is 0 Å². The second kappa shape index (κ2) is 3.10. The van der Waals surface area contributed by atoms with E-state index in [1.165, 1.54) is 22.0 Å². The van der Waals surface area contributed by atoms with Gasteiger partial charge in [0, 0.05) is 17.8 Å². The summed E-state index contributed by atoms with van der Waals surface area (Å²) in [4.78, 5) is 14.0. The summed E-state index contributed by atoms with van der Waals surface area (Å²) in [6.45, 7) is 0. The van der Waals surface area contributed by atoms with Gasteiger partial charge in [-0.3, -0.25) is 4.79 Å². The van der Waals surface area contributed by atoms with Gasteiger partial charge in [0.2, 0.25) is 5.91 Å². The fourth-order valence-electron chi connectivity index (χ4n) is 3.25. The Hall–Kier alpha value is -1.83. The van der Waals surface area contributed by atoms with Crippen LogP contribution >= 0.6 is 0 Å². The summed E-state index contributed by atoms with van der Waals surface area (Å²) < 4.78 is 0. The molecule has 1 amide bonds. The Bertz CT molecular complexity index is 632. The van der Waals surface area contributed by atoms with E-state index >= 15 is 0 Å². The van der Waals surface area contributed by atoms with Gasteiger partial charge in [0.15, 0.2) is 0 Å². The molecule has 2 aromatic carbocycles. The van der Waals surface area contributed by atoms with Gasteiger partial charge in [0.1, 0.15) is 0 Å². The zero-order valence-electron chi connectivity index (χ0n) is 9.52. The largest absolute Gasteiger partial charge is 0.308 e. The lowest BCUT2D eigenvalue weighted by Crippen LogP contribution is -2.28. The summed E-state index contributed by atoms with van der Waals surface area (Å²) in [5.74, 6) is 0.296. The maximum atomic E-state index is 12.0. The fraction of sp³-hybridized carbons (Fsp3) is 0.267. The number of carbonyl (C=O) groups excluding carboxylic acids is 1. The molecule has 84 valence electrons. The van der Waals surface area contributed by atoms with Crippen molar-refractivity contribution in [3.05, 3.63) is 42.0 Å². The quantitative estimate of drug-likeness (QED) is 0.672. The van der Waals surface area contributed by atoms with Gasteiger partial charge in [0.25, 0.3) is 0 Å². The van der Waals surface area contributed by atoms with Crippen LogP contribution in [-0.4, -0.2) is 11.9 Å². The molecule has 1 atom stereocenters. The number of amides is 1. The van der Waals surface area contributed by atoms with Crippen molar-refractivity contribution in [1.29, 1.82) is 0 Å². The highest BCUT2D eigenvalue weighted by Gasteiger charge is 2.39. The highest BCUT2D eigenvalue weighted by atomic mass is 16.2. The van der Waals surface area contributed by atoms with Crippen molar-refractivity contribution < 1.29 is 4.79 Å². The van der Waals surface area contributed by atoms with E-state index in [4.69, 9.17) is 0 Å². The Morgan fingerprint density at radius 2 is 2.00 bits per heavy atom. The van der Waals surface area contributed by atoms with E-state index in [-0.39, 0.29) is 0 Å². The Kier molecular flexibility index (Phi) is 1.68. The molecule has 2 aliphatic rings. The molecule has 0 radical (unpaired) electrons. The zero-order valence-corrected chi connectivity index (χ0v) is 9.52. The molecule has 0 aromatic heterocycles. The topological polar surface area (TPSA) is 20.3 Å². The molecule has 2 heteroatoms. The molecular formula is C15H13NO. The predicted octanol–water partition coefficient (Wildman–Crippen LogP) is 2.89. The zero-order chi connectivity index (χ0) is 11.4. The Balaban J connectivity index is 2.05. The average molecular weight is 223 g/mol. The molecule has 0 N–H and O–H groups in total. The van der Waals surface area contributed by atoms with Crippen molar-refractivity contribution >= 4 is 22.4 Å². The van der Waals surface area contributed by atoms with Crippen LogP contribution in [0.1, 0.15) is 18.4 Å². The van der Waals surface area contributed by atoms with Crippen LogP contribution in [-0.2, 0) is 11.2 Å². The number of carbonyl (C=O) groups is 1. The van der Waals surface area contributed by atoms with E-state index in [2.05, 4.69) is 30.3 Å². The maximum Gasteiger partial charge on any atom is 0.227 e. The number of hydrogen-bond acceptors (Lipinski definition) is 1. The summed E-state index contributed by atoms with van der Waals surface area (Å²) in [6.07, 6.45) is 2.76. The summed E-state index contributed by atoms with van der Waals surface area (Å²) >= 11 is 0. The molecule has 1 saturated heterocycles. The Morgan fingerprint density at radius 1 is 1.12 bits per heavy atom. The van der Waals surface area contributed by atoms with E-state index in [1.54, 1.807) is 0 Å². The van der Waals surface area contributed by atoms with Gasteiger partial charge in [-0.15, -0.1) is 0 Å². The van der Waals surface area contributed by atoms with Crippen LogP contribution in [0.5, 0.6) is 0 Å². The van der Waals surface area contributed by atoms with Crippen molar-refractivity contribution in [2.45, 2.75) is 25.3 Å². The van der Waals surface area contributed by atoms with Crippen LogP contribution in [0.15, 0.2) is 36.4 Å². The third kappa shape index (κ3) is 1.13. The smallest absolute Gasteiger partial charge is 0.227 e.